The van der Waals surface area contributed by atoms with Gasteiger partial charge in [0.25, 0.3) is 0 Å². The van der Waals surface area contributed by atoms with Crippen molar-refractivity contribution in [1.82, 2.24) is 10.2 Å². The third-order valence-electron chi connectivity index (χ3n) is 4.78. The first-order valence-corrected chi connectivity index (χ1v) is 10.8. The SMILES string of the molecule is C[NH+]1CCN(C(=Nc2ccccc2)SCC(=O)NCCc2ccccc2)CC1. The van der Waals surface area contributed by atoms with Crippen LogP contribution in [-0.2, 0) is 11.2 Å². The van der Waals surface area contributed by atoms with Gasteiger partial charge in [-0.25, -0.2) is 4.99 Å². The van der Waals surface area contributed by atoms with E-state index in [4.69, 9.17) is 4.99 Å². The van der Waals surface area contributed by atoms with E-state index in [1.807, 2.05) is 48.5 Å². The first-order valence-electron chi connectivity index (χ1n) is 9.84. The highest BCUT2D eigenvalue weighted by Crippen LogP contribution is 2.17. The Balaban J connectivity index is 1.53. The number of benzene rings is 2. The van der Waals surface area contributed by atoms with Gasteiger partial charge in [0, 0.05) is 6.54 Å². The summed E-state index contributed by atoms with van der Waals surface area (Å²) in [4.78, 5) is 21.0. The highest BCUT2D eigenvalue weighted by molar-refractivity contribution is 8.14. The molecule has 2 N–H and O–H groups in total. The van der Waals surface area contributed by atoms with E-state index in [1.165, 1.54) is 17.3 Å². The number of rotatable bonds is 6. The second-order valence-electron chi connectivity index (χ2n) is 7.05. The van der Waals surface area contributed by atoms with Crippen LogP contribution < -0.4 is 10.2 Å². The number of piperazine rings is 1. The number of para-hydroxylation sites is 1. The third-order valence-corrected chi connectivity index (χ3v) is 5.79. The van der Waals surface area contributed by atoms with Crippen molar-refractivity contribution in [2.45, 2.75) is 6.42 Å². The van der Waals surface area contributed by atoms with E-state index in [1.54, 1.807) is 4.90 Å². The maximum Gasteiger partial charge on any atom is 0.230 e. The van der Waals surface area contributed by atoms with Crippen molar-refractivity contribution >= 4 is 28.5 Å². The Morgan fingerprint density at radius 3 is 2.39 bits per heavy atom. The van der Waals surface area contributed by atoms with Crippen molar-refractivity contribution in [1.29, 1.82) is 0 Å². The average molecular weight is 398 g/mol. The molecule has 5 nitrogen and oxygen atoms in total. The highest BCUT2D eigenvalue weighted by Gasteiger charge is 2.21. The fraction of sp³-hybridized carbons (Fsp3) is 0.364. The van der Waals surface area contributed by atoms with E-state index < -0.39 is 0 Å². The Kier molecular flexibility index (Phi) is 7.94. The summed E-state index contributed by atoms with van der Waals surface area (Å²) in [6.07, 6.45) is 0.851. The molecule has 1 aliphatic heterocycles. The van der Waals surface area contributed by atoms with Gasteiger partial charge in [-0.05, 0) is 24.1 Å². The first-order chi connectivity index (χ1) is 13.7. The van der Waals surface area contributed by atoms with E-state index in [9.17, 15) is 4.79 Å². The molecule has 148 valence electrons. The molecule has 1 heterocycles. The van der Waals surface area contributed by atoms with Gasteiger partial charge in [-0.15, -0.1) is 0 Å². The molecule has 2 aromatic rings. The van der Waals surface area contributed by atoms with Crippen LogP contribution in [0.5, 0.6) is 0 Å². The van der Waals surface area contributed by atoms with E-state index in [2.05, 4.69) is 29.4 Å². The monoisotopic (exact) mass is 397 g/mol. The molecule has 0 radical (unpaired) electrons. The molecule has 0 aliphatic carbocycles. The van der Waals surface area contributed by atoms with Gasteiger partial charge in [-0.2, -0.15) is 0 Å². The molecule has 1 saturated heterocycles. The minimum Gasteiger partial charge on any atom is -0.355 e. The predicted molar refractivity (Wildman–Crippen MR) is 117 cm³/mol. The van der Waals surface area contributed by atoms with Gasteiger partial charge >= 0.3 is 0 Å². The predicted octanol–water partition coefficient (Wildman–Crippen LogP) is 1.60. The molecular formula is C22H29N4OS+. The number of carbonyl (C=O) groups is 1. The minimum atomic E-state index is 0.0569. The number of aliphatic imine (C=N–C) groups is 1. The van der Waals surface area contributed by atoms with Gasteiger partial charge in [-0.1, -0.05) is 60.3 Å². The van der Waals surface area contributed by atoms with Crippen LogP contribution in [0.3, 0.4) is 0 Å². The number of likely N-dealkylation sites (N-methyl/N-ethyl adjacent to an activating group) is 1. The Hall–Kier alpha value is -2.31. The summed E-state index contributed by atoms with van der Waals surface area (Å²) < 4.78 is 0. The number of hydrogen-bond acceptors (Lipinski definition) is 3. The standard InChI is InChI=1S/C22H28N4OS/c1-25-14-16-26(17-15-25)22(24-20-10-6-3-7-11-20)28-18-21(27)23-13-12-19-8-4-2-5-9-19/h2-11H,12-18H2,1H3,(H,23,27)/p+1. The number of amidine groups is 1. The van der Waals surface area contributed by atoms with Crippen LogP contribution in [0, 0.1) is 0 Å². The Morgan fingerprint density at radius 2 is 1.71 bits per heavy atom. The number of amides is 1. The van der Waals surface area contributed by atoms with Gasteiger partial charge < -0.3 is 15.1 Å². The minimum absolute atomic E-state index is 0.0569. The zero-order chi connectivity index (χ0) is 19.6. The lowest BCUT2D eigenvalue weighted by molar-refractivity contribution is -0.883. The number of carbonyl (C=O) groups excluding carboxylic acids is 1. The Morgan fingerprint density at radius 1 is 1.07 bits per heavy atom. The fourth-order valence-electron chi connectivity index (χ4n) is 3.06. The topological polar surface area (TPSA) is 49.1 Å². The van der Waals surface area contributed by atoms with Crippen LogP contribution in [0.4, 0.5) is 5.69 Å². The molecule has 0 atom stereocenters. The van der Waals surface area contributed by atoms with Gasteiger partial charge in [0.05, 0.1) is 44.7 Å². The van der Waals surface area contributed by atoms with Gasteiger partial charge in [-0.3, -0.25) is 4.79 Å². The molecule has 1 amide bonds. The maximum atomic E-state index is 12.3. The second kappa shape index (κ2) is 10.9. The van der Waals surface area contributed by atoms with Crippen LogP contribution in [0.15, 0.2) is 65.7 Å². The summed E-state index contributed by atoms with van der Waals surface area (Å²) in [7, 11) is 2.22. The number of nitrogens with one attached hydrogen (secondary N) is 2. The molecule has 0 unspecified atom stereocenters. The highest BCUT2D eigenvalue weighted by atomic mass is 32.2. The molecule has 0 spiro atoms. The summed E-state index contributed by atoms with van der Waals surface area (Å²) >= 11 is 1.53. The van der Waals surface area contributed by atoms with Crippen molar-refractivity contribution < 1.29 is 9.69 Å². The lowest BCUT2D eigenvalue weighted by Crippen LogP contribution is -3.12. The van der Waals surface area contributed by atoms with Crippen LogP contribution in [0.2, 0.25) is 0 Å². The quantitative estimate of drug-likeness (QED) is 0.575. The summed E-state index contributed by atoms with van der Waals surface area (Å²) in [5.41, 5.74) is 2.17. The zero-order valence-electron chi connectivity index (χ0n) is 16.4. The molecule has 2 aromatic carbocycles. The molecule has 0 bridgehead atoms. The molecule has 28 heavy (non-hydrogen) atoms. The lowest BCUT2D eigenvalue weighted by Gasteiger charge is -2.32. The van der Waals surface area contributed by atoms with Crippen LogP contribution in [0.1, 0.15) is 5.56 Å². The van der Waals surface area contributed by atoms with Gasteiger partial charge in [0.15, 0.2) is 5.17 Å². The van der Waals surface area contributed by atoms with Gasteiger partial charge in [0.2, 0.25) is 5.91 Å². The molecule has 3 rings (SSSR count). The number of thioether (sulfide) groups is 1. The third kappa shape index (κ3) is 6.69. The summed E-state index contributed by atoms with van der Waals surface area (Å²) in [6.45, 7) is 4.79. The largest absolute Gasteiger partial charge is 0.355 e. The van der Waals surface area contributed by atoms with Gasteiger partial charge in [0.1, 0.15) is 0 Å². The Bertz CT molecular complexity index is 759. The maximum absolute atomic E-state index is 12.3. The first kappa shape index (κ1) is 20.4. The number of nitrogens with zero attached hydrogens (tertiary/aromatic N) is 2. The van der Waals surface area contributed by atoms with Crippen LogP contribution >= 0.6 is 11.8 Å². The summed E-state index contributed by atoms with van der Waals surface area (Å²) in [6, 6.07) is 20.2. The normalized spacial score (nSPS) is 15.5. The van der Waals surface area contributed by atoms with Crippen molar-refractivity contribution in [3.63, 3.8) is 0 Å². The fourth-order valence-corrected chi connectivity index (χ4v) is 3.96. The van der Waals surface area contributed by atoms with E-state index in [-0.39, 0.29) is 5.91 Å². The van der Waals surface area contributed by atoms with Crippen LogP contribution in [0.25, 0.3) is 0 Å². The lowest BCUT2D eigenvalue weighted by atomic mass is 10.1. The van der Waals surface area contributed by atoms with Crippen molar-refractivity contribution in [2.24, 2.45) is 4.99 Å². The van der Waals surface area contributed by atoms with Crippen LogP contribution in [-0.4, -0.2) is 61.5 Å². The Labute approximate surface area is 171 Å². The molecule has 0 aromatic heterocycles. The second-order valence-corrected chi connectivity index (χ2v) is 7.99. The molecule has 1 fully saturated rings. The van der Waals surface area contributed by atoms with Crippen molar-refractivity contribution in [3.8, 4) is 0 Å². The molecule has 1 aliphatic rings. The van der Waals surface area contributed by atoms with E-state index in [0.29, 0.717) is 12.3 Å². The number of quaternary nitrogens is 1. The molecule has 0 saturated carbocycles. The molecular weight excluding hydrogens is 368 g/mol. The number of hydrogen-bond donors (Lipinski definition) is 2. The smallest absolute Gasteiger partial charge is 0.230 e. The zero-order valence-corrected chi connectivity index (χ0v) is 17.3. The summed E-state index contributed by atoms with van der Waals surface area (Å²) in [5, 5.41) is 3.96. The van der Waals surface area contributed by atoms with E-state index >= 15 is 0 Å². The summed E-state index contributed by atoms with van der Waals surface area (Å²) in [5.74, 6) is 0.445. The van der Waals surface area contributed by atoms with Crippen molar-refractivity contribution in [3.05, 3.63) is 66.2 Å². The average Bonchev–Trinajstić information content (AvgIpc) is 2.73. The van der Waals surface area contributed by atoms with Crippen molar-refractivity contribution in [2.75, 3.05) is 45.5 Å². The molecule has 6 heteroatoms. The van der Waals surface area contributed by atoms with E-state index in [0.717, 1.165) is 43.5 Å².